The fourth-order valence-corrected chi connectivity index (χ4v) is 2.94. The molecule has 1 unspecified atom stereocenters. The van der Waals surface area contributed by atoms with Crippen molar-refractivity contribution in [3.8, 4) is 5.75 Å². The lowest BCUT2D eigenvalue weighted by atomic mass is 10.0. The number of ether oxygens (including phenoxy) is 1. The number of amides is 4. The predicted molar refractivity (Wildman–Crippen MR) is 87.4 cm³/mol. The number of hydrogen-bond donors (Lipinski definition) is 1. The van der Waals surface area contributed by atoms with Crippen LogP contribution in [0.3, 0.4) is 0 Å². The van der Waals surface area contributed by atoms with Crippen molar-refractivity contribution >= 4 is 29.9 Å². The van der Waals surface area contributed by atoms with Crippen LogP contribution in [0.2, 0.25) is 0 Å². The molecule has 1 aromatic rings. The number of carbonyl (C=O) groups excluding carboxylic acids is 5. The number of benzene rings is 1. The van der Waals surface area contributed by atoms with Crippen molar-refractivity contribution in [3.05, 3.63) is 29.3 Å². The van der Waals surface area contributed by atoms with Gasteiger partial charge in [0, 0.05) is 20.6 Å². The second-order valence-corrected chi connectivity index (χ2v) is 5.48. The van der Waals surface area contributed by atoms with Crippen molar-refractivity contribution in [2.75, 3.05) is 20.8 Å². The number of rotatable bonds is 4. The molecule has 2 aliphatic heterocycles. The van der Waals surface area contributed by atoms with Gasteiger partial charge in [-0.1, -0.05) is 6.07 Å². The molecular formula is C17H18N2O7. The van der Waals surface area contributed by atoms with Crippen molar-refractivity contribution in [2.24, 2.45) is 0 Å². The van der Waals surface area contributed by atoms with Gasteiger partial charge in [0.05, 0.1) is 11.1 Å². The maximum atomic E-state index is 12.7. The molecule has 4 amide bonds. The number of likely N-dealkylation sites (tertiary alicyclic amines) is 1. The summed E-state index contributed by atoms with van der Waals surface area (Å²) in [6.45, 7) is -0.252. The molecule has 2 heterocycles. The maximum Gasteiger partial charge on any atom is 0.266 e. The lowest BCUT2D eigenvalue weighted by molar-refractivity contribution is -0.149. The number of aliphatic hydroxyl groups excluding tert-OH is 1. The zero-order valence-corrected chi connectivity index (χ0v) is 14.3. The van der Waals surface area contributed by atoms with E-state index in [-0.39, 0.29) is 42.2 Å². The highest BCUT2D eigenvalue weighted by Crippen LogP contribution is 2.34. The van der Waals surface area contributed by atoms with Crippen molar-refractivity contribution in [1.82, 2.24) is 9.80 Å². The quantitative estimate of drug-likeness (QED) is 0.572. The number of piperidine rings is 1. The zero-order chi connectivity index (χ0) is 19.4. The summed E-state index contributed by atoms with van der Waals surface area (Å²) >= 11 is 0. The topological polar surface area (TPSA) is 121 Å². The summed E-state index contributed by atoms with van der Waals surface area (Å²) < 4.78 is 5.20. The van der Waals surface area contributed by atoms with Crippen LogP contribution in [0.15, 0.2) is 18.2 Å². The zero-order valence-electron chi connectivity index (χ0n) is 14.3. The molecule has 1 saturated heterocycles. The Labute approximate surface area is 149 Å². The van der Waals surface area contributed by atoms with E-state index in [1.807, 2.05) is 0 Å². The Morgan fingerprint density at radius 3 is 2.54 bits per heavy atom. The maximum absolute atomic E-state index is 12.7. The standard InChI is InChI=1S/C16H14N2O6.CH4O/c1-17-12(20)6-5-10(15(17)22)18-14(21)9-3-2-4-11(24-8-7-19)13(9)16(18)23;1-2/h2-4,7,10H,5-6,8H2,1H3;2H,1H3. The highest BCUT2D eigenvalue weighted by Gasteiger charge is 2.47. The Morgan fingerprint density at radius 2 is 1.88 bits per heavy atom. The van der Waals surface area contributed by atoms with Crippen LogP contribution in [0.1, 0.15) is 33.6 Å². The normalized spacial score (nSPS) is 19.1. The van der Waals surface area contributed by atoms with Gasteiger partial charge < -0.3 is 9.84 Å². The Kier molecular flexibility index (Phi) is 5.83. The molecule has 0 spiro atoms. The van der Waals surface area contributed by atoms with Crippen LogP contribution >= 0.6 is 0 Å². The summed E-state index contributed by atoms with van der Waals surface area (Å²) in [6, 6.07) is 3.46. The Balaban J connectivity index is 0.00000117. The molecule has 0 radical (unpaired) electrons. The van der Waals surface area contributed by atoms with Crippen LogP contribution in [-0.2, 0) is 14.4 Å². The number of nitrogens with zero attached hydrogens (tertiary/aromatic N) is 2. The van der Waals surface area contributed by atoms with Crippen molar-refractivity contribution < 1.29 is 33.8 Å². The van der Waals surface area contributed by atoms with E-state index in [1.54, 1.807) is 0 Å². The third-order valence-electron chi connectivity index (χ3n) is 4.15. The molecule has 0 aliphatic carbocycles. The molecule has 0 bridgehead atoms. The van der Waals surface area contributed by atoms with Gasteiger partial charge in [0.15, 0.2) is 6.29 Å². The van der Waals surface area contributed by atoms with E-state index in [2.05, 4.69) is 0 Å². The molecule has 26 heavy (non-hydrogen) atoms. The number of fused-ring (bicyclic) bond motifs is 1. The minimum Gasteiger partial charge on any atom is -0.485 e. The second-order valence-electron chi connectivity index (χ2n) is 5.48. The van der Waals surface area contributed by atoms with Gasteiger partial charge in [0.2, 0.25) is 5.91 Å². The summed E-state index contributed by atoms with van der Waals surface area (Å²) in [4.78, 5) is 61.5. The molecule has 2 aliphatic rings. The Morgan fingerprint density at radius 1 is 1.19 bits per heavy atom. The Bertz CT molecular complexity index is 774. The van der Waals surface area contributed by atoms with Gasteiger partial charge in [0.25, 0.3) is 17.7 Å². The third-order valence-corrected chi connectivity index (χ3v) is 4.15. The van der Waals surface area contributed by atoms with Gasteiger partial charge in [0.1, 0.15) is 18.4 Å². The SMILES string of the molecule is CN1C(=O)CCC(N2C(=O)c3cccc(OCC=O)c3C2=O)C1=O.CO. The highest BCUT2D eigenvalue weighted by atomic mass is 16.5. The molecule has 138 valence electrons. The fraction of sp³-hybridized carbons (Fsp3) is 0.353. The van der Waals surface area contributed by atoms with E-state index in [4.69, 9.17) is 9.84 Å². The number of imide groups is 2. The molecule has 0 saturated carbocycles. The number of carbonyl (C=O) groups is 5. The van der Waals surface area contributed by atoms with Crippen LogP contribution in [0.5, 0.6) is 5.75 Å². The Hall–Kier alpha value is -3.07. The van der Waals surface area contributed by atoms with E-state index in [1.165, 1.54) is 25.2 Å². The predicted octanol–water partition coefficient (Wildman–Crippen LogP) is -0.384. The largest absolute Gasteiger partial charge is 0.485 e. The van der Waals surface area contributed by atoms with E-state index in [9.17, 15) is 24.0 Å². The van der Waals surface area contributed by atoms with Crippen molar-refractivity contribution in [3.63, 3.8) is 0 Å². The second kappa shape index (κ2) is 7.87. The first kappa shape index (κ1) is 19.3. The van der Waals surface area contributed by atoms with Gasteiger partial charge in [-0.3, -0.25) is 33.8 Å². The van der Waals surface area contributed by atoms with Crippen LogP contribution in [-0.4, -0.2) is 71.6 Å². The smallest absolute Gasteiger partial charge is 0.266 e. The van der Waals surface area contributed by atoms with Gasteiger partial charge >= 0.3 is 0 Å². The molecule has 1 N–H and O–H groups in total. The van der Waals surface area contributed by atoms with E-state index >= 15 is 0 Å². The highest BCUT2D eigenvalue weighted by molar-refractivity contribution is 6.24. The van der Waals surface area contributed by atoms with E-state index in [0.717, 1.165) is 16.9 Å². The van der Waals surface area contributed by atoms with E-state index < -0.39 is 23.8 Å². The molecule has 3 rings (SSSR count). The fourth-order valence-electron chi connectivity index (χ4n) is 2.94. The van der Waals surface area contributed by atoms with Crippen LogP contribution < -0.4 is 4.74 Å². The lowest BCUT2D eigenvalue weighted by Crippen LogP contribution is -2.54. The van der Waals surface area contributed by atoms with Gasteiger partial charge in [-0.05, 0) is 18.6 Å². The summed E-state index contributed by atoms with van der Waals surface area (Å²) in [5.41, 5.74) is 0.160. The lowest BCUT2D eigenvalue weighted by Gasteiger charge is -2.32. The molecule has 1 fully saturated rings. The van der Waals surface area contributed by atoms with Crippen molar-refractivity contribution in [2.45, 2.75) is 18.9 Å². The number of aliphatic hydroxyl groups is 1. The first-order valence-electron chi connectivity index (χ1n) is 7.79. The van der Waals surface area contributed by atoms with Crippen LogP contribution in [0.4, 0.5) is 0 Å². The summed E-state index contributed by atoms with van der Waals surface area (Å²) in [5, 5.41) is 7.00. The minimum atomic E-state index is -1.01. The molecular weight excluding hydrogens is 344 g/mol. The van der Waals surface area contributed by atoms with Crippen LogP contribution in [0.25, 0.3) is 0 Å². The van der Waals surface area contributed by atoms with E-state index in [0.29, 0.717) is 6.29 Å². The molecule has 1 aromatic carbocycles. The van der Waals surface area contributed by atoms with Crippen molar-refractivity contribution in [1.29, 1.82) is 0 Å². The number of hydrogen-bond acceptors (Lipinski definition) is 7. The minimum absolute atomic E-state index is 0.0386. The summed E-state index contributed by atoms with van der Waals surface area (Å²) in [6.07, 6.45) is 0.705. The summed E-state index contributed by atoms with van der Waals surface area (Å²) in [7, 11) is 2.33. The number of aldehydes is 1. The van der Waals surface area contributed by atoms with Crippen LogP contribution in [0, 0.1) is 0 Å². The third kappa shape index (κ3) is 3.08. The first-order valence-corrected chi connectivity index (χ1v) is 7.79. The molecule has 9 nitrogen and oxygen atoms in total. The monoisotopic (exact) mass is 362 g/mol. The first-order chi connectivity index (χ1) is 12.5. The number of likely N-dealkylation sites (N-methyl/N-ethyl adjacent to an activating group) is 1. The molecule has 0 aromatic heterocycles. The van der Waals surface area contributed by atoms with Gasteiger partial charge in [-0.25, -0.2) is 0 Å². The average Bonchev–Trinajstić information content (AvgIpc) is 2.91. The average molecular weight is 362 g/mol. The van der Waals surface area contributed by atoms with Gasteiger partial charge in [-0.2, -0.15) is 0 Å². The molecule has 9 heteroatoms. The molecule has 1 atom stereocenters. The summed E-state index contributed by atoms with van der Waals surface area (Å²) in [5.74, 6) is -2.07. The van der Waals surface area contributed by atoms with Gasteiger partial charge in [-0.15, -0.1) is 0 Å².